The summed E-state index contributed by atoms with van der Waals surface area (Å²) < 4.78 is 67.0. The van der Waals surface area contributed by atoms with Gasteiger partial charge in [0, 0.05) is 83.9 Å². The van der Waals surface area contributed by atoms with Gasteiger partial charge in [-0.15, -0.1) is 0 Å². The van der Waals surface area contributed by atoms with E-state index < -0.39 is 6.10 Å². The second-order valence-electron chi connectivity index (χ2n) is 26.2. The van der Waals surface area contributed by atoms with Crippen molar-refractivity contribution in [2.45, 2.75) is 94.0 Å². The zero-order chi connectivity index (χ0) is 80.7. The molecule has 7 heterocycles. The molecule has 27 heteroatoms. The molecule has 27 nitrogen and oxygen atoms in total. The smallest absolute Gasteiger partial charge is 0.258 e. The molecule has 115 heavy (non-hydrogen) atoms. The summed E-state index contributed by atoms with van der Waals surface area (Å²) in [6.07, 6.45) is 3.37. The second-order valence-corrected chi connectivity index (χ2v) is 26.2. The molecule has 1 aliphatic heterocycles. The Kier molecular flexibility index (Phi) is 27.9. The largest absolute Gasteiger partial charge is 0.490 e. The Morgan fingerprint density at radius 2 is 0.878 bits per heavy atom. The van der Waals surface area contributed by atoms with Gasteiger partial charge in [-0.2, -0.15) is 19.9 Å². The Bertz CT molecular complexity index is 5540. The van der Waals surface area contributed by atoms with E-state index in [2.05, 4.69) is 74.8 Å². The maximum Gasteiger partial charge on any atom is 0.258 e. The molecular weight excluding hydrogens is 1470 g/mol. The van der Waals surface area contributed by atoms with Crippen molar-refractivity contribution < 1.29 is 71.0 Å². The molecule has 6 aromatic heterocycles. The third-order valence-electron chi connectivity index (χ3n) is 18.0. The Balaban J connectivity index is 0.000000143. The van der Waals surface area contributed by atoms with E-state index in [0.717, 1.165) is 71.6 Å². The molecule has 8 aromatic carbocycles. The lowest BCUT2D eigenvalue weighted by molar-refractivity contribution is -0.133. The van der Waals surface area contributed by atoms with E-state index in [4.69, 9.17) is 56.0 Å². The topological polar surface area (TPSA) is 319 Å². The highest BCUT2D eigenvalue weighted by molar-refractivity contribution is 5.95. The number of aliphatic hydroxyl groups excluding tert-OH is 2. The predicted molar refractivity (Wildman–Crippen MR) is 435 cm³/mol. The molecule has 0 radical (unpaired) electrons. The average Bonchev–Trinajstić information content (AvgIpc) is 1.37. The number of carbonyl (C=O) groups is 1. The quantitative estimate of drug-likeness (QED) is 0.0460. The second kappa shape index (κ2) is 39.4. The van der Waals surface area contributed by atoms with Crippen molar-refractivity contribution in [3.63, 3.8) is 0 Å². The van der Waals surface area contributed by atoms with Crippen LogP contribution < -0.4 is 37.9 Å². The predicted octanol–water partition coefficient (Wildman–Crippen LogP) is 16.7. The molecule has 14 aromatic rings. The molecule has 1 saturated heterocycles. The molecule has 0 aliphatic carbocycles. The van der Waals surface area contributed by atoms with Crippen LogP contribution in [0.4, 0.5) is 0 Å². The number of rotatable bonds is 28. The summed E-state index contributed by atoms with van der Waals surface area (Å²) in [5, 5.41) is 40.2. The average molecular weight is 1560 g/mol. The minimum atomic E-state index is -0.497. The number of likely N-dealkylation sites (tertiary alicyclic amines) is 1. The minimum Gasteiger partial charge on any atom is -0.490 e. The molecule has 0 spiro atoms. The number of aromatic nitrogens is 10. The number of carbonyl (C=O) groups excluding carboxylic acids is 1. The zero-order valence-electron chi connectivity index (χ0n) is 66.1. The van der Waals surface area contributed by atoms with Gasteiger partial charge in [0.05, 0.1) is 77.3 Å². The van der Waals surface area contributed by atoms with Gasteiger partial charge in [0.25, 0.3) is 23.6 Å². The van der Waals surface area contributed by atoms with Crippen LogP contribution in [0.2, 0.25) is 0 Å². The summed E-state index contributed by atoms with van der Waals surface area (Å²) in [5.74, 6) is 8.92. The molecule has 2 atom stereocenters. The van der Waals surface area contributed by atoms with Crippen LogP contribution in [-0.2, 0) is 17.9 Å². The van der Waals surface area contributed by atoms with Crippen molar-refractivity contribution in [1.29, 1.82) is 0 Å². The first-order valence-electron chi connectivity index (χ1n) is 38.2. The first-order valence-corrected chi connectivity index (χ1v) is 38.2. The van der Waals surface area contributed by atoms with E-state index in [1.807, 2.05) is 213 Å². The number of hydrogen-bond donors (Lipinski definition) is 2. The Labute approximate surface area is 665 Å². The highest BCUT2D eigenvalue weighted by Gasteiger charge is 2.37. The molecule has 1 aliphatic rings. The molecule has 1 fully saturated rings. The maximum atomic E-state index is 12.6. The number of nitrogens with zero attached hydrogens (tertiary/aromatic N) is 12. The van der Waals surface area contributed by atoms with Crippen LogP contribution in [0.25, 0.3) is 113 Å². The Morgan fingerprint density at radius 1 is 0.443 bits per heavy atom. The highest BCUT2D eigenvalue weighted by Crippen LogP contribution is 2.39. The molecule has 0 saturated carbocycles. The number of ether oxygens (including phenoxy) is 8. The fourth-order valence-corrected chi connectivity index (χ4v) is 12.8. The van der Waals surface area contributed by atoms with Crippen LogP contribution in [0.1, 0.15) is 78.6 Å². The number of likely N-dealkylation sites (N-methyl/N-ethyl adjacent to an activating group) is 1. The summed E-state index contributed by atoms with van der Waals surface area (Å²) in [4.78, 5) is 42.8. The SMILES string of the molecule is CCOc1ccc(-c2nc(-c3cc4ccccc4cn3)no2)cc1OCC.CCOc1ccc(-c2nc(-c3ccc(CN4C[C@H](O)C[C@H]4C(=O)N(C)C)cc3C)no2)cc1OCC.CCOc1ccc(-c2nc(-c3cccc4ccccc34)no2)cc1OCC.CCOc1ccc(-c2nc(-c3ccnc(CO)c3)no2)cc1OCC. The lowest BCUT2D eigenvalue weighted by Crippen LogP contribution is -2.42. The lowest BCUT2D eigenvalue weighted by Gasteiger charge is -2.26. The summed E-state index contributed by atoms with van der Waals surface area (Å²) >= 11 is 0. The van der Waals surface area contributed by atoms with Gasteiger partial charge >= 0.3 is 0 Å². The lowest BCUT2D eigenvalue weighted by atomic mass is 10.0. The van der Waals surface area contributed by atoms with Gasteiger partial charge in [0.2, 0.25) is 29.2 Å². The number of fused-ring (bicyclic) bond motifs is 2. The molecule has 0 unspecified atom stereocenters. The molecule has 1 amide bonds. The number of β-amino-alcohol motifs (C(OH)–C–C–N with tert-alkyl or cyclic N) is 1. The molecule has 2 N–H and O–H groups in total. The standard InChI is InChI=1S/C27H34N4O5.C22H20N2O3.C21H19N3O3.C18H19N3O4/c1-6-34-23-11-9-19(13-24(23)35-7-2)26-28-25(29-36-26)21-10-8-18(12-17(21)3)15-31-16-20(32)14-22(31)27(33)30(4)5;1-3-25-19-13-12-16(14-20(19)26-4-2)22-23-21(24-27-22)18-11-7-9-15-8-5-6-10-17(15)18;1-3-25-18-10-9-15(12-19(18)26-4-2)21-23-20(24-27-21)17-11-14-7-5-6-8-16(14)13-22-17;1-3-23-15-6-5-13(10-16(15)24-4-2)18-20-17(21-25-18)12-7-8-19-14(9-12)11-22/h8-13,20,22,32H,6-7,14-16H2,1-5H3;5-14H,3-4H2,1-2H3;5-13H,3-4H2,1-2H3;5-10,22H,3-4,11H2,1-2H3/t20-,22+;;;/m1.../s1. The van der Waals surface area contributed by atoms with Crippen LogP contribution in [0.15, 0.2) is 206 Å². The fraction of sp³-hybridized carbons (Fsp3) is 0.284. The summed E-state index contributed by atoms with van der Waals surface area (Å²) in [7, 11) is 3.49. The molecule has 594 valence electrons. The van der Waals surface area contributed by atoms with Crippen LogP contribution in [0.3, 0.4) is 0 Å². The van der Waals surface area contributed by atoms with Crippen molar-refractivity contribution in [2.75, 3.05) is 73.5 Å². The van der Waals surface area contributed by atoms with E-state index in [1.54, 1.807) is 37.3 Å². The number of benzene rings is 8. The number of pyridine rings is 2. The van der Waals surface area contributed by atoms with Gasteiger partial charge in [-0.1, -0.05) is 106 Å². The van der Waals surface area contributed by atoms with Gasteiger partial charge in [-0.05, 0) is 187 Å². The highest BCUT2D eigenvalue weighted by atomic mass is 16.5. The van der Waals surface area contributed by atoms with Crippen LogP contribution >= 0.6 is 0 Å². The molecule has 15 rings (SSSR count). The van der Waals surface area contributed by atoms with Gasteiger partial charge in [0.15, 0.2) is 46.0 Å². The van der Waals surface area contributed by atoms with Crippen molar-refractivity contribution >= 4 is 27.5 Å². The Morgan fingerprint density at radius 3 is 1.37 bits per heavy atom. The van der Waals surface area contributed by atoms with E-state index in [-0.39, 0.29) is 18.6 Å². The zero-order valence-corrected chi connectivity index (χ0v) is 66.1. The molecule has 0 bridgehead atoms. The first-order chi connectivity index (χ1) is 56.1. The van der Waals surface area contributed by atoms with Gasteiger partial charge in [-0.25, -0.2) is 0 Å². The number of hydrogen-bond acceptors (Lipinski definition) is 26. The van der Waals surface area contributed by atoms with E-state index in [0.29, 0.717) is 177 Å². The van der Waals surface area contributed by atoms with Gasteiger partial charge in [0.1, 0.15) is 5.69 Å². The summed E-state index contributed by atoms with van der Waals surface area (Å²) in [5.41, 5.74) is 8.85. The van der Waals surface area contributed by atoms with Gasteiger partial charge < -0.3 is 71.1 Å². The number of aryl methyl sites for hydroxylation is 1. The first kappa shape index (κ1) is 81.4. The third-order valence-corrected chi connectivity index (χ3v) is 18.0. The van der Waals surface area contributed by atoms with E-state index >= 15 is 0 Å². The number of amides is 1. The van der Waals surface area contributed by atoms with Crippen molar-refractivity contribution in [3.8, 4) is 137 Å². The van der Waals surface area contributed by atoms with E-state index in [1.165, 1.54) is 0 Å². The van der Waals surface area contributed by atoms with Gasteiger partial charge in [-0.3, -0.25) is 19.7 Å². The maximum absolute atomic E-state index is 12.6. The van der Waals surface area contributed by atoms with Crippen molar-refractivity contribution in [3.05, 3.63) is 205 Å². The van der Waals surface area contributed by atoms with E-state index in [9.17, 15) is 15.0 Å². The Hall–Kier alpha value is -13.1. The normalized spacial score (nSPS) is 13.0. The minimum absolute atomic E-state index is 0.0148. The third kappa shape index (κ3) is 20.2. The summed E-state index contributed by atoms with van der Waals surface area (Å²) in [6.45, 7) is 22.7. The van der Waals surface area contributed by atoms with Crippen LogP contribution in [0, 0.1) is 6.92 Å². The van der Waals surface area contributed by atoms with Crippen LogP contribution in [0.5, 0.6) is 46.0 Å². The molecular formula is C88H92N12O15. The monoisotopic (exact) mass is 1560 g/mol. The van der Waals surface area contributed by atoms with Crippen LogP contribution in [-0.4, -0.2) is 162 Å². The van der Waals surface area contributed by atoms with Crippen molar-refractivity contribution in [2.24, 2.45) is 0 Å². The van der Waals surface area contributed by atoms with Crippen molar-refractivity contribution in [1.82, 2.24) is 60.3 Å². The number of aliphatic hydroxyl groups is 2. The fourth-order valence-electron chi connectivity index (χ4n) is 12.8. The summed E-state index contributed by atoms with van der Waals surface area (Å²) in [6, 6.07) is 55.7.